The number of hydrogen-bond donors (Lipinski definition) is 0. The first-order chi connectivity index (χ1) is 8.50. The topological polar surface area (TPSA) is 57.9 Å². The summed E-state index contributed by atoms with van der Waals surface area (Å²) in [6, 6.07) is 11.3. The average molecular weight is 239 g/mol. The molecule has 3 heteroatoms. The second kappa shape index (κ2) is 4.23. The molecule has 0 radical (unpaired) electrons. The number of benzene rings is 1. The zero-order valence-corrected chi connectivity index (χ0v) is 10.1. The van der Waals surface area contributed by atoms with Crippen molar-refractivity contribution >= 4 is 11.6 Å². The van der Waals surface area contributed by atoms with Gasteiger partial charge in [0.15, 0.2) is 11.6 Å². The molecule has 1 aromatic rings. The van der Waals surface area contributed by atoms with Crippen LogP contribution in [0.2, 0.25) is 0 Å². The highest BCUT2D eigenvalue weighted by molar-refractivity contribution is 6.24. The van der Waals surface area contributed by atoms with Gasteiger partial charge in [0.2, 0.25) is 0 Å². The van der Waals surface area contributed by atoms with E-state index in [9.17, 15) is 14.9 Å². The summed E-state index contributed by atoms with van der Waals surface area (Å²) in [5, 5.41) is 9.33. The molecule has 0 aromatic heterocycles. The molecule has 1 aliphatic rings. The number of carbonyl (C=O) groups is 2. The number of ketones is 2. The number of carbonyl (C=O) groups excluding carboxylic acids is 2. The number of Topliss-reactive ketones (excluding diaryl/α,β-unsaturated/α-hetero) is 2. The minimum Gasteiger partial charge on any atom is -0.294 e. The highest BCUT2D eigenvalue weighted by Crippen LogP contribution is 2.44. The Morgan fingerprint density at radius 2 is 1.94 bits per heavy atom. The molecule has 1 saturated carbocycles. The van der Waals surface area contributed by atoms with Crippen LogP contribution in [0.3, 0.4) is 0 Å². The summed E-state index contributed by atoms with van der Waals surface area (Å²) >= 11 is 0. The van der Waals surface area contributed by atoms with E-state index in [0.29, 0.717) is 0 Å². The van der Waals surface area contributed by atoms with E-state index in [-0.39, 0.29) is 17.8 Å². The predicted octanol–water partition coefficient (Wildman–Crippen LogP) is 2.40. The highest BCUT2D eigenvalue weighted by Gasteiger charge is 2.49. The number of rotatable bonds is 1. The molecule has 3 nitrogen and oxygen atoms in total. The molecule has 2 atom stereocenters. The van der Waals surface area contributed by atoms with Crippen LogP contribution in [-0.4, -0.2) is 11.6 Å². The second-order valence-electron chi connectivity index (χ2n) is 4.71. The van der Waals surface area contributed by atoms with E-state index in [2.05, 4.69) is 12.6 Å². The Kier molecular flexibility index (Phi) is 2.88. The first kappa shape index (κ1) is 12.3. The number of nitriles is 1. The van der Waals surface area contributed by atoms with E-state index in [1.807, 2.05) is 30.3 Å². The molecular weight excluding hydrogens is 226 g/mol. The Balaban J connectivity index is 2.53. The first-order valence-corrected chi connectivity index (χ1v) is 5.74. The molecule has 0 amide bonds. The minimum atomic E-state index is -1.20. The zero-order valence-electron chi connectivity index (χ0n) is 10.1. The van der Waals surface area contributed by atoms with Crippen LogP contribution in [-0.2, 0) is 9.59 Å². The molecule has 0 saturated heterocycles. The molecule has 0 spiro atoms. The fourth-order valence-electron chi connectivity index (χ4n) is 2.38. The predicted molar refractivity (Wildman–Crippen MR) is 66.7 cm³/mol. The van der Waals surface area contributed by atoms with Gasteiger partial charge in [0.05, 0.1) is 11.6 Å². The molecule has 0 aliphatic heterocycles. The Hall–Kier alpha value is -2.21. The van der Waals surface area contributed by atoms with Gasteiger partial charge < -0.3 is 0 Å². The maximum absolute atomic E-state index is 12.1. The van der Waals surface area contributed by atoms with Crippen LogP contribution >= 0.6 is 0 Å². The number of nitrogens with zero attached hydrogens (tertiary/aromatic N) is 1. The van der Waals surface area contributed by atoms with Gasteiger partial charge in [0.1, 0.15) is 5.41 Å². The fourth-order valence-corrected chi connectivity index (χ4v) is 2.38. The molecule has 0 heterocycles. The van der Waals surface area contributed by atoms with Crippen molar-refractivity contribution in [1.82, 2.24) is 0 Å². The lowest BCUT2D eigenvalue weighted by molar-refractivity contribution is -0.129. The molecular formula is C15H13NO2. The maximum atomic E-state index is 12.1. The van der Waals surface area contributed by atoms with Crippen LogP contribution in [0.25, 0.3) is 0 Å². The second-order valence-corrected chi connectivity index (χ2v) is 4.71. The van der Waals surface area contributed by atoms with E-state index >= 15 is 0 Å². The lowest BCUT2D eigenvalue weighted by Crippen LogP contribution is -2.41. The van der Waals surface area contributed by atoms with Crippen molar-refractivity contribution in [2.45, 2.75) is 19.3 Å². The van der Waals surface area contributed by atoms with Crippen molar-refractivity contribution in [3.63, 3.8) is 0 Å². The normalized spacial score (nSPS) is 28.0. The molecule has 1 aliphatic carbocycles. The van der Waals surface area contributed by atoms with Crippen LogP contribution in [0.15, 0.2) is 42.5 Å². The zero-order chi connectivity index (χ0) is 13.3. The quantitative estimate of drug-likeness (QED) is 0.558. The standard InChI is InChI=1S/C15H13NO2/c1-10-13(17)8-12(11-6-4-3-5-7-11)15(2,9-16)14(10)18/h3-7,12H,1,8H2,2H3. The summed E-state index contributed by atoms with van der Waals surface area (Å²) in [4.78, 5) is 23.9. The average Bonchev–Trinajstić information content (AvgIpc) is 2.41. The van der Waals surface area contributed by atoms with E-state index < -0.39 is 17.1 Å². The van der Waals surface area contributed by atoms with E-state index in [1.54, 1.807) is 6.92 Å². The van der Waals surface area contributed by atoms with Gasteiger partial charge in [-0.3, -0.25) is 9.59 Å². The third-order valence-corrected chi connectivity index (χ3v) is 3.60. The summed E-state index contributed by atoms with van der Waals surface area (Å²) < 4.78 is 0. The molecule has 1 fully saturated rings. The van der Waals surface area contributed by atoms with Crippen molar-refractivity contribution in [2.75, 3.05) is 0 Å². The minimum absolute atomic E-state index is 0.0498. The molecule has 2 rings (SSSR count). The van der Waals surface area contributed by atoms with Crippen LogP contribution in [0, 0.1) is 16.7 Å². The summed E-state index contributed by atoms with van der Waals surface area (Å²) in [5.74, 6) is -1.11. The molecule has 90 valence electrons. The maximum Gasteiger partial charge on any atom is 0.186 e. The van der Waals surface area contributed by atoms with Crippen molar-refractivity contribution in [2.24, 2.45) is 5.41 Å². The monoisotopic (exact) mass is 239 g/mol. The summed E-state index contributed by atoms with van der Waals surface area (Å²) in [6.45, 7) is 5.09. The molecule has 18 heavy (non-hydrogen) atoms. The third kappa shape index (κ3) is 1.67. The lowest BCUT2D eigenvalue weighted by atomic mass is 9.63. The summed E-state index contributed by atoms with van der Waals surface area (Å²) in [7, 11) is 0. The van der Waals surface area contributed by atoms with Gasteiger partial charge in [-0.15, -0.1) is 0 Å². The Bertz CT molecular complexity index is 568. The largest absolute Gasteiger partial charge is 0.294 e. The van der Waals surface area contributed by atoms with E-state index in [4.69, 9.17) is 0 Å². The van der Waals surface area contributed by atoms with Crippen molar-refractivity contribution in [1.29, 1.82) is 5.26 Å². The molecule has 0 N–H and O–H groups in total. The number of hydrogen-bond acceptors (Lipinski definition) is 3. The van der Waals surface area contributed by atoms with E-state index in [0.717, 1.165) is 5.56 Å². The third-order valence-electron chi connectivity index (χ3n) is 3.60. The van der Waals surface area contributed by atoms with Crippen LogP contribution < -0.4 is 0 Å². The van der Waals surface area contributed by atoms with Crippen molar-refractivity contribution in [3.8, 4) is 6.07 Å². The van der Waals surface area contributed by atoms with Gasteiger partial charge in [-0.2, -0.15) is 5.26 Å². The summed E-state index contributed by atoms with van der Waals surface area (Å²) in [5.41, 5.74) is -0.409. The Morgan fingerprint density at radius 3 is 2.50 bits per heavy atom. The molecule has 1 aromatic carbocycles. The van der Waals surface area contributed by atoms with Gasteiger partial charge in [-0.25, -0.2) is 0 Å². The van der Waals surface area contributed by atoms with Crippen LogP contribution in [0.4, 0.5) is 0 Å². The van der Waals surface area contributed by atoms with Gasteiger partial charge in [0.25, 0.3) is 0 Å². The lowest BCUT2D eigenvalue weighted by Gasteiger charge is -2.34. The molecule has 0 bridgehead atoms. The van der Waals surface area contributed by atoms with Crippen molar-refractivity contribution in [3.05, 3.63) is 48.0 Å². The van der Waals surface area contributed by atoms with Crippen LogP contribution in [0.1, 0.15) is 24.8 Å². The Morgan fingerprint density at radius 1 is 1.33 bits per heavy atom. The van der Waals surface area contributed by atoms with Gasteiger partial charge in [-0.05, 0) is 12.5 Å². The van der Waals surface area contributed by atoms with Crippen LogP contribution in [0.5, 0.6) is 0 Å². The van der Waals surface area contributed by atoms with Gasteiger partial charge >= 0.3 is 0 Å². The summed E-state index contributed by atoms with van der Waals surface area (Å²) in [6.07, 6.45) is 0.165. The molecule has 2 unspecified atom stereocenters. The Labute approximate surface area is 106 Å². The van der Waals surface area contributed by atoms with Crippen molar-refractivity contribution < 1.29 is 9.59 Å². The van der Waals surface area contributed by atoms with Gasteiger partial charge in [-0.1, -0.05) is 36.9 Å². The SMILES string of the molecule is C=C1C(=O)CC(c2ccccc2)C(C)(C#N)C1=O. The smallest absolute Gasteiger partial charge is 0.186 e. The number of allylic oxidation sites excluding steroid dienone is 1. The highest BCUT2D eigenvalue weighted by atomic mass is 16.2. The first-order valence-electron chi connectivity index (χ1n) is 5.74. The van der Waals surface area contributed by atoms with E-state index in [1.165, 1.54) is 0 Å². The fraction of sp³-hybridized carbons (Fsp3) is 0.267. The van der Waals surface area contributed by atoms with Gasteiger partial charge in [0, 0.05) is 12.3 Å².